The lowest BCUT2D eigenvalue weighted by atomic mass is 9.83. The molecule has 1 N–H and O–H groups in total. The Hall–Kier alpha value is -2.12. The van der Waals surface area contributed by atoms with Crippen LogP contribution in [-0.4, -0.2) is 26.4 Å². The lowest BCUT2D eigenvalue weighted by Gasteiger charge is -2.28. The van der Waals surface area contributed by atoms with Gasteiger partial charge in [0.05, 0.1) is 11.3 Å². The number of carboxylic acids is 1. The number of aromatic carboxylic acids is 1. The molecule has 2 heterocycles. The van der Waals surface area contributed by atoms with Gasteiger partial charge < -0.3 is 9.51 Å². The van der Waals surface area contributed by atoms with E-state index in [2.05, 4.69) is 4.98 Å². The predicted octanol–water partition coefficient (Wildman–Crippen LogP) is 4.82. The second-order valence-electron chi connectivity index (χ2n) is 7.18. The van der Waals surface area contributed by atoms with Crippen molar-refractivity contribution in [2.75, 3.05) is 0 Å². The van der Waals surface area contributed by atoms with E-state index in [1.807, 2.05) is 0 Å². The number of fused-ring (bicyclic) bond motifs is 1. The van der Waals surface area contributed by atoms with Crippen LogP contribution in [0.4, 0.5) is 17.6 Å². The number of hydrogen-bond donors (Lipinski definition) is 1. The van der Waals surface area contributed by atoms with Crippen LogP contribution >= 0.6 is 0 Å². The fourth-order valence-electron chi connectivity index (χ4n) is 3.67. The van der Waals surface area contributed by atoms with Gasteiger partial charge in [-0.25, -0.2) is 18.6 Å². The fourth-order valence-corrected chi connectivity index (χ4v) is 3.67. The van der Waals surface area contributed by atoms with E-state index >= 15 is 0 Å². The van der Waals surface area contributed by atoms with Crippen LogP contribution in [0.15, 0.2) is 12.1 Å². The van der Waals surface area contributed by atoms with Crippen molar-refractivity contribution in [1.82, 2.24) is 9.38 Å². The molecule has 4 nitrogen and oxygen atoms in total. The standard InChI is InChI=1S/C18H20F4N2O2/c1-10-7-12(16(25)26)9-14-23-15(17(2,19)20)13(24(10)14)8-11-3-5-18(21,22)6-4-11/h7,9,11H,3-6,8H2,1-2H3,(H,25,26). The van der Waals surface area contributed by atoms with Crippen molar-refractivity contribution in [3.63, 3.8) is 0 Å². The summed E-state index contributed by atoms with van der Waals surface area (Å²) in [5.74, 6) is -7.19. The van der Waals surface area contributed by atoms with E-state index in [0.29, 0.717) is 5.69 Å². The monoisotopic (exact) mass is 372 g/mol. The van der Waals surface area contributed by atoms with Crippen LogP contribution < -0.4 is 0 Å². The Morgan fingerprint density at radius 1 is 1.35 bits per heavy atom. The molecule has 0 unspecified atom stereocenters. The van der Waals surface area contributed by atoms with Crippen LogP contribution in [0.2, 0.25) is 0 Å². The van der Waals surface area contributed by atoms with Gasteiger partial charge >= 0.3 is 5.97 Å². The highest BCUT2D eigenvalue weighted by Gasteiger charge is 2.38. The van der Waals surface area contributed by atoms with E-state index in [4.69, 9.17) is 5.11 Å². The zero-order valence-corrected chi connectivity index (χ0v) is 14.5. The zero-order chi connectivity index (χ0) is 19.3. The van der Waals surface area contributed by atoms with E-state index in [1.54, 1.807) is 6.92 Å². The number of rotatable bonds is 4. The number of carbonyl (C=O) groups is 1. The Labute approximate surface area is 147 Å². The van der Waals surface area contributed by atoms with E-state index in [-0.39, 0.29) is 54.9 Å². The molecule has 2 aromatic heterocycles. The minimum atomic E-state index is -3.21. The molecule has 0 amide bonds. The van der Waals surface area contributed by atoms with Crippen LogP contribution in [0.25, 0.3) is 5.65 Å². The van der Waals surface area contributed by atoms with Gasteiger partial charge in [0, 0.05) is 25.5 Å². The van der Waals surface area contributed by atoms with Crippen molar-refractivity contribution in [2.45, 2.75) is 57.8 Å². The summed E-state index contributed by atoms with van der Waals surface area (Å²) in [6, 6.07) is 2.65. The summed E-state index contributed by atoms with van der Waals surface area (Å²) in [6.07, 6.45) is 0.258. The summed E-state index contributed by atoms with van der Waals surface area (Å²) in [7, 11) is 0. The first-order valence-electron chi connectivity index (χ1n) is 8.49. The van der Waals surface area contributed by atoms with Gasteiger partial charge in [0.2, 0.25) is 5.92 Å². The molecule has 0 radical (unpaired) electrons. The highest BCUT2D eigenvalue weighted by molar-refractivity contribution is 5.89. The highest BCUT2D eigenvalue weighted by atomic mass is 19.3. The third kappa shape index (κ3) is 3.54. The highest BCUT2D eigenvalue weighted by Crippen LogP contribution is 2.39. The third-order valence-electron chi connectivity index (χ3n) is 4.98. The van der Waals surface area contributed by atoms with Gasteiger partial charge in [-0.15, -0.1) is 0 Å². The van der Waals surface area contributed by atoms with Crippen LogP contribution in [0.5, 0.6) is 0 Å². The van der Waals surface area contributed by atoms with Gasteiger partial charge in [0.15, 0.2) is 0 Å². The Morgan fingerprint density at radius 2 is 1.96 bits per heavy atom. The zero-order valence-electron chi connectivity index (χ0n) is 14.5. The van der Waals surface area contributed by atoms with Gasteiger partial charge in [-0.2, -0.15) is 8.78 Å². The van der Waals surface area contributed by atoms with Gasteiger partial charge in [-0.05, 0) is 44.2 Å². The molecular weight excluding hydrogens is 352 g/mol. The molecule has 3 rings (SSSR count). The maximum Gasteiger partial charge on any atom is 0.335 e. The largest absolute Gasteiger partial charge is 0.478 e. The number of hydrogen-bond acceptors (Lipinski definition) is 2. The Morgan fingerprint density at radius 3 is 2.50 bits per heavy atom. The number of imidazole rings is 1. The molecule has 26 heavy (non-hydrogen) atoms. The summed E-state index contributed by atoms with van der Waals surface area (Å²) in [5, 5.41) is 9.16. The first-order valence-corrected chi connectivity index (χ1v) is 8.49. The van der Waals surface area contributed by atoms with Crippen molar-refractivity contribution < 1.29 is 27.5 Å². The first-order chi connectivity index (χ1) is 12.0. The van der Waals surface area contributed by atoms with E-state index in [9.17, 15) is 22.4 Å². The molecule has 8 heteroatoms. The predicted molar refractivity (Wildman–Crippen MR) is 87.1 cm³/mol. The van der Waals surface area contributed by atoms with E-state index < -0.39 is 23.5 Å². The average Bonchev–Trinajstić information content (AvgIpc) is 2.88. The number of alkyl halides is 4. The maximum absolute atomic E-state index is 14.1. The number of pyridine rings is 1. The summed E-state index contributed by atoms with van der Waals surface area (Å²) in [6.45, 7) is 2.36. The summed E-state index contributed by atoms with van der Waals surface area (Å²) in [4.78, 5) is 15.2. The van der Waals surface area contributed by atoms with Crippen molar-refractivity contribution in [1.29, 1.82) is 0 Å². The Balaban J connectivity index is 2.06. The minimum absolute atomic E-state index is 0.0326. The SMILES string of the molecule is Cc1cc(C(=O)O)cc2nc(C(C)(F)F)c(CC3CCC(F)(F)CC3)n12. The fraction of sp³-hybridized carbons (Fsp3) is 0.556. The molecule has 0 aliphatic heterocycles. The number of halogens is 4. The molecule has 0 aromatic carbocycles. The number of nitrogens with zero attached hydrogens (tertiary/aromatic N) is 2. The summed E-state index contributed by atoms with van der Waals surface area (Å²) >= 11 is 0. The molecule has 0 saturated heterocycles. The summed E-state index contributed by atoms with van der Waals surface area (Å²) < 4.78 is 56.5. The summed E-state index contributed by atoms with van der Waals surface area (Å²) in [5.41, 5.74) is 0.432. The smallest absolute Gasteiger partial charge is 0.335 e. The third-order valence-corrected chi connectivity index (χ3v) is 4.98. The molecular formula is C18H20F4N2O2. The molecule has 1 aliphatic rings. The lowest BCUT2D eigenvalue weighted by molar-refractivity contribution is -0.0460. The molecule has 0 atom stereocenters. The minimum Gasteiger partial charge on any atom is -0.478 e. The lowest BCUT2D eigenvalue weighted by Crippen LogP contribution is -2.26. The van der Waals surface area contributed by atoms with Crippen molar-refractivity contribution in [3.8, 4) is 0 Å². The van der Waals surface area contributed by atoms with Crippen molar-refractivity contribution >= 4 is 11.6 Å². The Bertz CT molecular complexity index is 845. The van der Waals surface area contributed by atoms with Gasteiger partial charge in [-0.1, -0.05) is 0 Å². The second kappa shape index (κ2) is 6.25. The van der Waals surface area contributed by atoms with E-state index in [0.717, 1.165) is 6.92 Å². The number of aryl methyl sites for hydroxylation is 1. The Kier molecular flexibility index (Phi) is 4.48. The first kappa shape index (κ1) is 18.7. The van der Waals surface area contributed by atoms with Crippen molar-refractivity contribution in [2.24, 2.45) is 5.92 Å². The van der Waals surface area contributed by atoms with Gasteiger partial charge in [0.25, 0.3) is 5.92 Å². The molecule has 142 valence electrons. The molecule has 0 bridgehead atoms. The number of aromatic nitrogens is 2. The molecule has 1 saturated carbocycles. The molecule has 1 aliphatic carbocycles. The van der Waals surface area contributed by atoms with Gasteiger partial charge in [-0.3, -0.25) is 0 Å². The average molecular weight is 372 g/mol. The van der Waals surface area contributed by atoms with Crippen molar-refractivity contribution in [3.05, 3.63) is 34.8 Å². The van der Waals surface area contributed by atoms with E-state index in [1.165, 1.54) is 16.5 Å². The maximum atomic E-state index is 14.1. The normalized spacial score (nSPS) is 18.4. The van der Waals surface area contributed by atoms with Crippen LogP contribution in [0, 0.1) is 12.8 Å². The van der Waals surface area contributed by atoms with Crippen LogP contribution in [0.3, 0.4) is 0 Å². The number of carboxylic acid groups (broad SMARTS) is 1. The topological polar surface area (TPSA) is 54.6 Å². The molecule has 1 fully saturated rings. The quantitative estimate of drug-likeness (QED) is 0.783. The van der Waals surface area contributed by atoms with Crippen LogP contribution in [-0.2, 0) is 12.3 Å². The molecule has 2 aromatic rings. The second-order valence-corrected chi connectivity index (χ2v) is 7.18. The van der Waals surface area contributed by atoms with Gasteiger partial charge in [0.1, 0.15) is 11.3 Å². The molecule has 0 spiro atoms. The van der Waals surface area contributed by atoms with Crippen LogP contribution in [0.1, 0.15) is 60.0 Å².